The molecular weight excluding hydrogens is 369 g/mol. The number of hydrogen-bond acceptors (Lipinski definition) is 4. The molecule has 2 heterocycles. The van der Waals surface area contributed by atoms with Gasteiger partial charge >= 0.3 is 0 Å². The highest BCUT2D eigenvalue weighted by atomic mass is 35.5. The predicted octanol–water partition coefficient (Wildman–Crippen LogP) is 2.99. The van der Waals surface area contributed by atoms with Gasteiger partial charge in [-0.05, 0) is 30.3 Å². The van der Waals surface area contributed by atoms with Gasteiger partial charge in [-0.2, -0.15) is 0 Å². The molecule has 0 bridgehead atoms. The van der Waals surface area contributed by atoms with E-state index in [4.69, 9.17) is 16.0 Å². The van der Waals surface area contributed by atoms with Crippen LogP contribution in [0.15, 0.2) is 52.1 Å². The molecule has 2 aromatic heterocycles. The van der Waals surface area contributed by atoms with Crippen molar-refractivity contribution >= 4 is 21.6 Å². The highest BCUT2D eigenvalue weighted by Gasteiger charge is 2.16. The molecule has 25 heavy (non-hydrogen) atoms. The molecule has 9 heteroatoms. The third-order valence-corrected chi connectivity index (χ3v) is 5.34. The van der Waals surface area contributed by atoms with Gasteiger partial charge in [-0.1, -0.05) is 11.6 Å². The van der Waals surface area contributed by atoms with Gasteiger partial charge in [0.05, 0.1) is 16.2 Å². The molecule has 0 amide bonds. The van der Waals surface area contributed by atoms with Crippen molar-refractivity contribution in [2.45, 2.75) is 11.3 Å². The molecule has 0 radical (unpaired) electrons. The fourth-order valence-corrected chi connectivity index (χ4v) is 3.61. The normalized spacial score (nSPS) is 11.8. The second-order valence-corrected chi connectivity index (χ2v) is 7.53. The predicted molar refractivity (Wildman–Crippen MR) is 91.2 cm³/mol. The van der Waals surface area contributed by atoms with Gasteiger partial charge in [0.2, 0.25) is 10.0 Å². The number of imidazole rings is 1. The molecule has 0 spiro atoms. The summed E-state index contributed by atoms with van der Waals surface area (Å²) in [6.45, 7) is 0.139. The number of benzene rings is 1. The van der Waals surface area contributed by atoms with Crippen LogP contribution in [0.2, 0.25) is 5.02 Å². The second-order valence-electron chi connectivity index (χ2n) is 5.35. The Kier molecular flexibility index (Phi) is 4.94. The molecule has 0 fully saturated rings. The lowest BCUT2D eigenvalue weighted by molar-refractivity contribution is 0.577. The van der Waals surface area contributed by atoms with Crippen molar-refractivity contribution in [1.29, 1.82) is 0 Å². The minimum Gasteiger partial charge on any atom is -0.463 e. The molecular formula is C16H15ClFN3O3S. The average molecular weight is 384 g/mol. The van der Waals surface area contributed by atoms with E-state index in [1.54, 1.807) is 23.0 Å². The molecule has 132 valence electrons. The smallest absolute Gasteiger partial charge is 0.240 e. The van der Waals surface area contributed by atoms with Crippen LogP contribution in [0.5, 0.6) is 0 Å². The lowest BCUT2D eigenvalue weighted by Gasteiger charge is -2.07. The van der Waals surface area contributed by atoms with Gasteiger partial charge in [0, 0.05) is 26.2 Å². The van der Waals surface area contributed by atoms with Gasteiger partial charge in [0.25, 0.3) is 0 Å². The first-order valence-electron chi connectivity index (χ1n) is 7.37. The summed E-state index contributed by atoms with van der Waals surface area (Å²) in [4.78, 5) is 4.35. The minimum atomic E-state index is -3.78. The molecule has 0 aliphatic rings. The Hall–Kier alpha value is -2.16. The zero-order valence-electron chi connectivity index (χ0n) is 13.2. The van der Waals surface area contributed by atoms with Gasteiger partial charge in [-0.25, -0.2) is 22.5 Å². The van der Waals surface area contributed by atoms with Crippen LogP contribution in [-0.4, -0.2) is 24.5 Å². The van der Waals surface area contributed by atoms with E-state index in [0.717, 1.165) is 12.1 Å². The average Bonchev–Trinajstić information content (AvgIpc) is 3.20. The molecule has 0 aliphatic carbocycles. The molecule has 0 unspecified atom stereocenters. The Bertz CT molecular complexity index is 984. The zero-order chi connectivity index (χ0) is 18.0. The maximum Gasteiger partial charge on any atom is 0.240 e. The highest BCUT2D eigenvalue weighted by molar-refractivity contribution is 7.89. The molecule has 0 atom stereocenters. The van der Waals surface area contributed by atoms with E-state index >= 15 is 0 Å². The Balaban J connectivity index is 1.67. The number of furan rings is 1. The Morgan fingerprint density at radius 2 is 2.16 bits per heavy atom. The third kappa shape index (κ3) is 3.92. The Labute approximate surface area is 149 Å². The highest BCUT2D eigenvalue weighted by Crippen LogP contribution is 2.20. The van der Waals surface area contributed by atoms with Crippen molar-refractivity contribution < 1.29 is 17.2 Å². The van der Waals surface area contributed by atoms with Gasteiger partial charge in [0.15, 0.2) is 5.76 Å². The monoisotopic (exact) mass is 383 g/mol. The van der Waals surface area contributed by atoms with Crippen LogP contribution in [0.1, 0.15) is 5.82 Å². The summed E-state index contributed by atoms with van der Waals surface area (Å²) in [5.74, 6) is 0.675. The van der Waals surface area contributed by atoms with Crippen LogP contribution in [0.25, 0.3) is 11.5 Å². The third-order valence-electron chi connectivity index (χ3n) is 3.59. The van der Waals surface area contributed by atoms with E-state index in [1.165, 1.54) is 6.07 Å². The van der Waals surface area contributed by atoms with E-state index in [1.807, 2.05) is 13.2 Å². The van der Waals surface area contributed by atoms with Crippen molar-refractivity contribution in [1.82, 2.24) is 14.3 Å². The number of halogens is 2. The summed E-state index contributed by atoms with van der Waals surface area (Å²) >= 11 is 5.63. The number of rotatable bonds is 6. The number of sulfonamides is 1. The topological polar surface area (TPSA) is 77.1 Å². The maximum atomic E-state index is 13.2. The van der Waals surface area contributed by atoms with Gasteiger partial charge in [0.1, 0.15) is 17.3 Å². The maximum absolute atomic E-state index is 13.2. The van der Waals surface area contributed by atoms with Gasteiger partial charge < -0.3 is 8.98 Å². The molecule has 0 saturated heterocycles. The van der Waals surface area contributed by atoms with Crippen molar-refractivity contribution in [3.8, 4) is 11.5 Å². The molecule has 3 rings (SSSR count). The first-order valence-corrected chi connectivity index (χ1v) is 9.24. The van der Waals surface area contributed by atoms with E-state index in [-0.39, 0.29) is 16.5 Å². The zero-order valence-corrected chi connectivity index (χ0v) is 14.8. The summed E-state index contributed by atoms with van der Waals surface area (Å²) in [6, 6.07) is 6.83. The van der Waals surface area contributed by atoms with Crippen LogP contribution >= 0.6 is 11.6 Å². The van der Waals surface area contributed by atoms with Crippen LogP contribution in [0.4, 0.5) is 4.39 Å². The number of hydrogen-bond donors (Lipinski definition) is 1. The second kappa shape index (κ2) is 6.99. The van der Waals surface area contributed by atoms with Crippen molar-refractivity contribution in [3.63, 3.8) is 0 Å². The van der Waals surface area contributed by atoms with E-state index < -0.39 is 15.8 Å². The molecule has 0 saturated carbocycles. The van der Waals surface area contributed by atoms with E-state index in [2.05, 4.69) is 9.71 Å². The molecule has 0 aliphatic heterocycles. The van der Waals surface area contributed by atoms with Crippen molar-refractivity contribution in [2.24, 2.45) is 7.05 Å². The number of aryl methyl sites for hydroxylation is 1. The lowest BCUT2D eigenvalue weighted by atomic mass is 10.3. The molecule has 1 aromatic carbocycles. The van der Waals surface area contributed by atoms with Crippen molar-refractivity contribution in [3.05, 3.63) is 59.5 Å². The molecule has 1 N–H and O–H groups in total. The van der Waals surface area contributed by atoms with Crippen LogP contribution in [0.3, 0.4) is 0 Å². The SMILES string of the molecule is Cn1cc(-c2ccco2)nc1CCNS(=O)(=O)c1ccc(F)c(Cl)c1. The van der Waals surface area contributed by atoms with Gasteiger partial charge in [-0.3, -0.25) is 0 Å². The van der Waals surface area contributed by atoms with E-state index in [9.17, 15) is 12.8 Å². The van der Waals surface area contributed by atoms with Crippen LogP contribution in [0, 0.1) is 5.82 Å². The van der Waals surface area contributed by atoms with Gasteiger partial charge in [-0.15, -0.1) is 0 Å². The lowest BCUT2D eigenvalue weighted by Crippen LogP contribution is -2.26. The van der Waals surface area contributed by atoms with Crippen LogP contribution in [-0.2, 0) is 23.5 Å². The fraction of sp³-hybridized carbons (Fsp3) is 0.188. The number of aromatic nitrogens is 2. The number of nitrogens with one attached hydrogen (secondary N) is 1. The Morgan fingerprint density at radius 3 is 2.84 bits per heavy atom. The summed E-state index contributed by atoms with van der Waals surface area (Å²) in [6.07, 6.45) is 3.75. The first-order chi connectivity index (χ1) is 11.9. The standard InChI is InChI=1S/C16H15ClFN3O3S/c1-21-10-14(15-3-2-8-24-15)20-16(21)6-7-19-25(22,23)11-4-5-13(18)12(17)9-11/h2-5,8-10,19H,6-7H2,1H3. The molecule has 6 nitrogen and oxygen atoms in total. The van der Waals surface area contributed by atoms with Crippen LogP contribution < -0.4 is 4.72 Å². The van der Waals surface area contributed by atoms with E-state index in [0.29, 0.717) is 23.7 Å². The fourth-order valence-electron chi connectivity index (χ4n) is 2.30. The number of nitrogens with zero attached hydrogens (tertiary/aromatic N) is 2. The van der Waals surface area contributed by atoms with Crippen molar-refractivity contribution in [2.75, 3.05) is 6.54 Å². The summed E-state index contributed by atoms with van der Waals surface area (Å²) in [5.41, 5.74) is 0.677. The molecule has 3 aromatic rings. The largest absolute Gasteiger partial charge is 0.463 e. The summed E-state index contributed by atoms with van der Waals surface area (Å²) < 4.78 is 47.2. The first kappa shape index (κ1) is 17.7. The summed E-state index contributed by atoms with van der Waals surface area (Å²) in [7, 11) is -1.95. The summed E-state index contributed by atoms with van der Waals surface area (Å²) in [5, 5.41) is -0.241. The minimum absolute atomic E-state index is 0.0879. The Morgan fingerprint density at radius 1 is 1.36 bits per heavy atom. The quantitative estimate of drug-likeness (QED) is 0.709.